The van der Waals surface area contributed by atoms with Gasteiger partial charge in [-0.05, 0) is 37.6 Å². The molecule has 1 fully saturated rings. The Kier molecular flexibility index (Phi) is 7.64. The molecule has 0 N–H and O–H groups in total. The second-order valence-corrected chi connectivity index (χ2v) is 10.0. The lowest BCUT2D eigenvalue weighted by atomic mass is 10.1. The lowest BCUT2D eigenvalue weighted by molar-refractivity contribution is 0.0650. The van der Waals surface area contributed by atoms with Crippen molar-refractivity contribution in [3.05, 3.63) is 71.8 Å². The van der Waals surface area contributed by atoms with Crippen molar-refractivity contribution in [2.24, 2.45) is 0 Å². The lowest BCUT2D eigenvalue weighted by Gasteiger charge is -2.34. The van der Waals surface area contributed by atoms with Gasteiger partial charge >= 0.3 is 0 Å². The third-order valence-electron chi connectivity index (χ3n) is 5.62. The maximum absolute atomic E-state index is 13.0. The summed E-state index contributed by atoms with van der Waals surface area (Å²) in [5, 5.41) is 0. The number of carbonyl (C=O) groups is 1. The molecule has 0 spiro atoms. The fourth-order valence-electron chi connectivity index (χ4n) is 3.45. The Morgan fingerprint density at radius 2 is 1.71 bits per heavy atom. The molecule has 0 aliphatic carbocycles. The molecule has 0 atom stereocenters. The quantitative estimate of drug-likeness (QED) is 0.662. The molecule has 1 aliphatic rings. The van der Waals surface area contributed by atoms with Crippen LogP contribution in [0.1, 0.15) is 29.8 Å². The number of carbonyl (C=O) groups excluding carboxylic acids is 1. The van der Waals surface area contributed by atoms with Crippen molar-refractivity contribution < 1.29 is 13.2 Å². The zero-order valence-electron chi connectivity index (χ0n) is 18.4. The molecule has 7 heteroatoms. The summed E-state index contributed by atoms with van der Waals surface area (Å²) in [6, 6.07) is 16.4. The van der Waals surface area contributed by atoms with Crippen LogP contribution in [-0.4, -0.2) is 74.2 Å². The highest BCUT2D eigenvalue weighted by Gasteiger charge is 2.26. The highest BCUT2D eigenvalue weighted by Crippen LogP contribution is 2.19. The number of piperazine rings is 1. The van der Waals surface area contributed by atoms with E-state index in [1.165, 1.54) is 15.9 Å². The average Bonchev–Trinajstić information content (AvgIpc) is 2.79. The molecule has 0 radical (unpaired) electrons. The van der Waals surface area contributed by atoms with Gasteiger partial charge in [-0.2, -0.15) is 4.31 Å². The molecule has 0 bridgehead atoms. The SMILES string of the molecule is CC(C)N(C)S(=O)(=O)c1cccc(C(=O)N2CCN(C/C=C/c3ccccc3)CC2)c1. The van der Waals surface area contributed by atoms with Crippen LogP contribution in [0, 0.1) is 0 Å². The Morgan fingerprint density at radius 1 is 1.03 bits per heavy atom. The van der Waals surface area contributed by atoms with E-state index in [0.717, 1.165) is 19.6 Å². The van der Waals surface area contributed by atoms with E-state index in [4.69, 9.17) is 0 Å². The number of benzene rings is 2. The molecule has 1 heterocycles. The summed E-state index contributed by atoms with van der Waals surface area (Å²) in [4.78, 5) is 17.2. The van der Waals surface area contributed by atoms with Crippen molar-refractivity contribution in [3.63, 3.8) is 0 Å². The minimum absolute atomic E-state index is 0.122. The van der Waals surface area contributed by atoms with Crippen LogP contribution in [0.2, 0.25) is 0 Å². The first kappa shape index (κ1) is 23.2. The van der Waals surface area contributed by atoms with Crippen LogP contribution >= 0.6 is 0 Å². The number of amides is 1. The summed E-state index contributed by atoms with van der Waals surface area (Å²) < 4.78 is 26.8. The van der Waals surface area contributed by atoms with Gasteiger partial charge in [0.05, 0.1) is 4.90 Å². The van der Waals surface area contributed by atoms with Crippen LogP contribution in [0.3, 0.4) is 0 Å². The Bertz CT molecular complexity index is 1010. The molecular weight excluding hydrogens is 410 g/mol. The second-order valence-electron chi connectivity index (χ2n) is 8.05. The van der Waals surface area contributed by atoms with E-state index in [2.05, 4.69) is 29.2 Å². The molecule has 1 amide bonds. The van der Waals surface area contributed by atoms with Crippen molar-refractivity contribution in [3.8, 4) is 0 Å². The van der Waals surface area contributed by atoms with Crippen LogP contribution in [0.15, 0.2) is 65.6 Å². The zero-order chi connectivity index (χ0) is 22.4. The van der Waals surface area contributed by atoms with Crippen LogP contribution in [0.5, 0.6) is 0 Å². The fraction of sp³-hybridized carbons (Fsp3) is 0.375. The first-order valence-electron chi connectivity index (χ1n) is 10.6. The molecule has 166 valence electrons. The van der Waals surface area contributed by atoms with Crippen molar-refractivity contribution in [2.75, 3.05) is 39.8 Å². The minimum atomic E-state index is -3.62. The molecule has 31 heavy (non-hydrogen) atoms. The molecule has 2 aromatic rings. The van der Waals surface area contributed by atoms with E-state index in [0.29, 0.717) is 18.7 Å². The van der Waals surface area contributed by atoms with Crippen molar-refractivity contribution >= 4 is 22.0 Å². The van der Waals surface area contributed by atoms with Gasteiger partial charge in [0, 0.05) is 51.4 Å². The Hall–Kier alpha value is -2.48. The van der Waals surface area contributed by atoms with E-state index in [1.54, 1.807) is 30.1 Å². The normalized spacial score (nSPS) is 15.8. The van der Waals surface area contributed by atoms with Crippen LogP contribution in [-0.2, 0) is 10.0 Å². The van der Waals surface area contributed by atoms with Crippen LogP contribution in [0.4, 0.5) is 0 Å². The van der Waals surface area contributed by atoms with Gasteiger partial charge in [-0.25, -0.2) is 8.42 Å². The van der Waals surface area contributed by atoms with Crippen molar-refractivity contribution in [2.45, 2.75) is 24.8 Å². The summed E-state index contributed by atoms with van der Waals surface area (Å²) >= 11 is 0. The van der Waals surface area contributed by atoms with E-state index in [9.17, 15) is 13.2 Å². The summed E-state index contributed by atoms with van der Waals surface area (Å²) in [6.07, 6.45) is 4.25. The van der Waals surface area contributed by atoms with E-state index < -0.39 is 10.0 Å². The van der Waals surface area contributed by atoms with E-state index in [1.807, 2.05) is 32.0 Å². The summed E-state index contributed by atoms with van der Waals surface area (Å²) in [6.45, 7) is 7.31. The molecule has 3 rings (SSSR count). The fourth-order valence-corrected chi connectivity index (χ4v) is 4.87. The molecule has 6 nitrogen and oxygen atoms in total. The van der Waals surface area contributed by atoms with Gasteiger partial charge in [0.2, 0.25) is 10.0 Å². The van der Waals surface area contributed by atoms with Gasteiger partial charge in [0.25, 0.3) is 5.91 Å². The largest absolute Gasteiger partial charge is 0.336 e. The molecule has 0 aromatic heterocycles. The highest BCUT2D eigenvalue weighted by atomic mass is 32.2. The van der Waals surface area contributed by atoms with Crippen molar-refractivity contribution in [1.29, 1.82) is 0 Å². The van der Waals surface area contributed by atoms with Gasteiger partial charge in [0.15, 0.2) is 0 Å². The Balaban J connectivity index is 1.59. The Morgan fingerprint density at radius 3 is 2.35 bits per heavy atom. The van der Waals surface area contributed by atoms with Gasteiger partial charge in [0.1, 0.15) is 0 Å². The molecule has 0 unspecified atom stereocenters. The summed E-state index contributed by atoms with van der Waals surface area (Å²) in [5.41, 5.74) is 1.59. The maximum Gasteiger partial charge on any atom is 0.253 e. The highest BCUT2D eigenvalue weighted by molar-refractivity contribution is 7.89. The predicted molar refractivity (Wildman–Crippen MR) is 124 cm³/mol. The topological polar surface area (TPSA) is 60.9 Å². The third kappa shape index (κ3) is 5.81. The second kappa shape index (κ2) is 10.2. The van der Waals surface area contributed by atoms with Gasteiger partial charge in [-0.1, -0.05) is 48.6 Å². The van der Waals surface area contributed by atoms with Gasteiger partial charge in [-0.15, -0.1) is 0 Å². The van der Waals surface area contributed by atoms with E-state index in [-0.39, 0.29) is 16.8 Å². The number of rotatable bonds is 7. The third-order valence-corrected chi connectivity index (χ3v) is 7.65. The van der Waals surface area contributed by atoms with Crippen molar-refractivity contribution in [1.82, 2.24) is 14.1 Å². The summed E-state index contributed by atoms with van der Waals surface area (Å²) in [5.74, 6) is -0.122. The molecule has 1 saturated heterocycles. The molecule has 2 aromatic carbocycles. The number of sulfonamides is 1. The Labute approximate surface area is 185 Å². The maximum atomic E-state index is 13.0. The standard InChI is InChI=1S/C24H31N3O3S/c1-20(2)25(3)31(29,30)23-13-7-12-22(19-23)24(28)27-17-15-26(16-18-27)14-8-11-21-9-5-4-6-10-21/h4-13,19-20H,14-18H2,1-3H3/b11-8+. The molecule has 1 aliphatic heterocycles. The first-order chi connectivity index (χ1) is 14.8. The molecular formula is C24H31N3O3S. The van der Waals surface area contributed by atoms with Gasteiger partial charge in [-0.3, -0.25) is 9.69 Å². The number of nitrogens with zero attached hydrogens (tertiary/aromatic N) is 3. The average molecular weight is 442 g/mol. The monoisotopic (exact) mass is 441 g/mol. The predicted octanol–water partition coefficient (Wildman–Crippen LogP) is 3.19. The number of hydrogen-bond donors (Lipinski definition) is 0. The van der Waals surface area contributed by atoms with Crippen LogP contribution in [0.25, 0.3) is 6.08 Å². The lowest BCUT2D eigenvalue weighted by Crippen LogP contribution is -2.48. The zero-order valence-corrected chi connectivity index (χ0v) is 19.3. The summed E-state index contributed by atoms with van der Waals surface area (Å²) in [7, 11) is -2.06. The minimum Gasteiger partial charge on any atom is -0.336 e. The van der Waals surface area contributed by atoms with E-state index >= 15 is 0 Å². The number of hydrogen-bond acceptors (Lipinski definition) is 4. The van der Waals surface area contributed by atoms with Crippen LogP contribution < -0.4 is 0 Å². The molecule has 0 saturated carbocycles. The van der Waals surface area contributed by atoms with Gasteiger partial charge < -0.3 is 4.90 Å². The first-order valence-corrected chi connectivity index (χ1v) is 12.0. The smallest absolute Gasteiger partial charge is 0.253 e.